The molecule has 1 N–H and O–H groups in total. The number of hydrogen-bond donors (Lipinski definition) is 1. The predicted octanol–water partition coefficient (Wildman–Crippen LogP) is 3.75. The summed E-state index contributed by atoms with van der Waals surface area (Å²) in [6.07, 6.45) is 4.32. The number of ether oxygens (including phenoxy) is 1. The zero-order chi connectivity index (χ0) is 12.3. The third kappa shape index (κ3) is 3.14. The summed E-state index contributed by atoms with van der Waals surface area (Å²) in [6, 6.07) is 0. The summed E-state index contributed by atoms with van der Waals surface area (Å²) in [5, 5.41) is 0. The van der Waals surface area contributed by atoms with Gasteiger partial charge in [0, 0.05) is 18.2 Å². The zero-order valence-electron chi connectivity index (χ0n) is 9.96. The highest BCUT2D eigenvalue weighted by atomic mass is 79.9. The van der Waals surface area contributed by atoms with Crippen molar-refractivity contribution in [3.8, 4) is 0 Å². The number of nitrogens with one attached hydrogen (secondary N) is 1. The fourth-order valence-electron chi connectivity index (χ4n) is 2.10. The predicted molar refractivity (Wildman–Crippen MR) is 73.9 cm³/mol. The van der Waals surface area contributed by atoms with E-state index >= 15 is 0 Å². The van der Waals surface area contributed by atoms with Crippen LogP contribution in [0.1, 0.15) is 43.6 Å². The van der Waals surface area contributed by atoms with Crippen LogP contribution in [0, 0.1) is 4.64 Å². The molecule has 2 rings (SSSR count). The van der Waals surface area contributed by atoms with E-state index in [-0.39, 0.29) is 0 Å². The highest BCUT2D eigenvalue weighted by Crippen LogP contribution is 2.25. The molecule has 1 unspecified atom stereocenters. The highest BCUT2D eigenvalue weighted by molar-refractivity contribution is 9.10. The fourth-order valence-corrected chi connectivity index (χ4v) is 2.70. The third-order valence-electron chi connectivity index (χ3n) is 3.00. The molecule has 2 heterocycles. The maximum Gasteiger partial charge on any atom is 0.144 e. The molecule has 1 aromatic rings. The van der Waals surface area contributed by atoms with Gasteiger partial charge in [0.05, 0.1) is 11.1 Å². The van der Waals surface area contributed by atoms with E-state index in [1.54, 1.807) is 0 Å². The monoisotopic (exact) mass is 316 g/mol. The summed E-state index contributed by atoms with van der Waals surface area (Å²) in [6.45, 7) is 3.79. The molecule has 0 spiro atoms. The minimum Gasteiger partial charge on any atom is -0.381 e. The van der Waals surface area contributed by atoms with Crippen molar-refractivity contribution in [2.24, 2.45) is 0 Å². The Morgan fingerprint density at radius 3 is 3.06 bits per heavy atom. The second kappa shape index (κ2) is 6.07. The second-order valence-corrected chi connectivity index (χ2v) is 5.56. The molecule has 0 aliphatic carbocycles. The van der Waals surface area contributed by atoms with Gasteiger partial charge in [-0.15, -0.1) is 0 Å². The molecule has 1 fully saturated rings. The number of aryl methyl sites for hydroxylation is 1. The number of aromatic amines is 1. The van der Waals surface area contributed by atoms with Crippen molar-refractivity contribution in [1.82, 2.24) is 9.97 Å². The summed E-state index contributed by atoms with van der Waals surface area (Å²) in [4.78, 5) is 7.89. The first-order valence-corrected chi connectivity index (χ1v) is 7.28. The quantitative estimate of drug-likeness (QED) is 0.863. The molecule has 0 amide bonds. The first-order chi connectivity index (χ1) is 8.22. The van der Waals surface area contributed by atoms with Crippen molar-refractivity contribution in [3.05, 3.63) is 20.6 Å². The van der Waals surface area contributed by atoms with Crippen LogP contribution in [-0.4, -0.2) is 23.2 Å². The highest BCUT2D eigenvalue weighted by Gasteiger charge is 2.19. The van der Waals surface area contributed by atoms with E-state index in [0.717, 1.165) is 54.9 Å². The van der Waals surface area contributed by atoms with E-state index in [9.17, 15) is 0 Å². The average Bonchev–Trinajstić information content (AvgIpc) is 2.36. The number of halogens is 1. The van der Waals surface area contributed by atoms with Crippen molar-refractivity contribution in [2.75, 3.05) is 13.2 Å². The molecule has 1 saturated heterocycles. The lowest BCUT2D eigenvalue weighted by molar-refractivity contribution is 0.0779. The lowest BCUT2D eigenvalue weighted by Crippen LogP contribution is -2.18. The SMILES string of the molecule is CCCc1[nH]c(C2CCCOC2)nc(=S)c1Br. The van der Waals surface area contributed by atoms with E-state index in [1.807, 2.05) is 0 Å². The van der Waals surface area contributed by atoms with E-state index in [4.69, 9.17) is 17.0 Å². The Labute approximate surface area is 115 Å². The Hall–Kier alpha value is -0.260. The van der Waals surface area contributed by atoms with Crippen molar-refractivity contribution < 1.29 is 4.74 Å². The lowest BCUT2D eigenvalue weighted by atomic mass is 10.0. The minimum atomic E-state index is 0.370. The number of rotatable bonds is 3. The standard InChI is InChI=1S/C12H17BrN2OS/c1-2-4-9-10(13)12(17)15-11(14-9)8-5-3-6-16-7-8/h8H,2-7H2,1H3,(H,14,15,17). The van der Waals surface area contributed by atoms with Gasteiger partial charge in [-0.3, -0.25) is 0 Å². The van der Waals surface area contributed by atoms with E-state index in [0.29, 0.717) is 10.6 Å². The number of nitrogens with zero attached hydrogens (tertiary/aromatic N) is 1. The van der Waals surface area contributed by atoms with E-state index in [1.165, 1.54) is 0 Å². The Kier molecular flexibility index (Phi) is 4.70. The lowest BCUT2D eigenvalue weighted by Gasteiger charge is -2.22. The van der Waals surface area contributed by atoms with Crippen LogP contribution in [0.5, 0.6) is 0 Å². The Bertz CT molecular complexity index is 441. The molecular formula is C12H17BrN2OS. The van der Waals surface area contributed by atoms with Crippen LogP contribution < -0.4 is 0 Å². The van der Waals surface area contributed by atoms with Crippen molar-refractivity contribution in [3.63, 3.8) is 0 Å². The summed E-state index contributed by atoms with van der Waals surface area (Å²) < 4.78 is 7.10. The number of H-pyrrole nitrogens is 1. The first-order valence-electron chi connectivity index (χ1n) is 6.08. The normalized spacial score (nSPS) is 20.5. The van der Waals surface area contributed by atoms with Crippen molar-refractivity contribution >= 4 is 28.1 Å². The molecular weight excluding hydrogens is 300 g/mol. The fraction of sp³-hybridized carbons (Fsp3) is 0.667. The summed E-state index contributed by atoms with van der Waals surface area (Å²) >= 11 is 8.80. The molecule has 0 saturated carbocycles. The molecule has 1 atom stereocenters. The molecule has 17 heavy (non-hydrogen) atoms. The van der Waals surface area contributed by atoms with Gasteiger partial charge in [0.1, 0.15) is 10.5 Å². The smallest absolute Gasteiger partial charge is 0.144 e. The van der Waals surface area contributed by atoms with Crippen molar-refractivity contribution in [1.29, 1.82) is 0 Å². The average molecular weight is 317 g/mol. The molecule has 3 nitrogen and oxygen atoms in total. The van der Waals surface area contributed by atoms with Crippen LogP contribution >= 0.6 is 28.1 Å². The van der Waals surface area contributed by atoms with Gasteiger partial charge >= 0.3 is 0 Å². The van der Waals surface area contributed by atoms with Crippen LogP contribution in [-0.2, 0) is 11.2 Å². The second-order valence-electron chi connectivity index (χ2n) is 4.38. The van der Waals surface area contributed by atoms with Crippen LogP contribution in [0.25, 0.3) is 0 Å². The molecule has 1 aliphatic heterocycles. The van der Waals surface area contributed by atoms with Crippen LogP contribution in [0.3, 0.4) is 0 Å². The van der Waals surface area contributed by atoms with Gasteiger partial charge in [-0.2, -0.15) is 0 Å². The van der Waals surface area contributed by atoms with Crippen LogP contribution in [0.4, 0.5) is 0 Å². The number of aromatic nitrogens is 2. The Morgan fingerprint density at radius 1 is 1.59 bits per heavy atom. The Morgan fingerprint density at radius 2 is 2.41 bits per heavy atom. The van der Waals surface area contributed by atoms with Crippen LogP contribution in [0.15, 0.2) is 4.47 Å². The van der Waals surface area contributed by atoms with Crippen LogP contribution in [0.2, 0.25) is 0 Å². The topological polar surface area (TPSA) is 37.9 Å². The van der Waals surface area contributed by atoms with Gasteiger partial charge in [-0.1, -0.05) is 25.6 Å². The van der Waals surface area contributed by atoms with Gasteiger partial charge in [-0.05, 0) is 35.2 Å². The third-order valence-corrected chi connectivity index (χ3v) is 4.41. The summed E-state index contributed by atoms with van der Waals surface area (Å²) in [5.74, 6) is 1.36. The Balaban J connectivity index is 2.30. The maximum absolute atomic E-state index is 5.50. The van der Waals surface area contributed by atoms with Gasteiger partial charge in [0.25, 0.3) is 0 Å². The largest absolute Gasteiger partial charge is 0.381 e. The summed E-state index contributed by atoms with van der Waals surface area (Å²) in [5.41, 5.74) is 1.16. The molecule has 0 radical (unpaired) electrons. The van der Waals surface area contributed by atoms with Gasteiger partial charge in [-0.25, -0.2) is 4.98 Å². The van der Waals surface area contributed by atoms with E-state index < -0.39 is 0 Å². The number of hydrogen-bond acceptors (Lipinski definition) is 3. The summed E-state index contributed by atoms with van der Waals surface area (Å²) in [7, 11) is 0. The van der Waals surface area contributed by atoms with Gasteiger partial charge in [0.15, 0.2) is 0 Å². The molecule has 1 aromatic heterocycles. The molecule has 5 heteroatoms. The zero-order valence-corrected chi connectivity index (χ0v) is 12.4. The first kappa shape index (κ1) is 13.2. The molecule has 94 valence electrons. The van der Waals surface area contributed by atoms with E-state index in [2.05, 4.69) is 32.8 Å². The molecule has 0 bridgehead atoms. The molecule has 1 aliphatic rings. The van der Waals surface area contributed by atoms with Gasteiger partial charge < -0.3 is 9.72 Å². The molecule has 0 aromatic carbocycles. The van der Waals surface area contributed by atoms with Gasteiger partial charge in [0.2, 0.25) is 0 Å². The maximum atomic E-state index is 5.50. The van der Waals surface area contributed by atoms with Crippen molar-refractivity contribution in [2.45, 2.75) is 38.5 Å². The minimum absolute atomic E-state index is 0.370.